The molecule has 0 spiro atoms. The fourth-order valence-electron chi connectivity index (χ4n) is 1.93. The second-order valence-electron chi connectivity index (χ2n) is 4.66. The minimum Gasteiger partial charge on any atom is -0.284 e. The normalized spacial score (nSPS) is 15.7. The van der Waals surface area contributed by atoms with Crippen LogP contribution in [0.1, 0.15) is 5.56 Å². The molecule has 0 N–H and O–H groups in total. The molecule has 0 radical (unpaired) electrons. The number of carbonyl (C=O) groups is 3. The molecule has 0 unspecified atom stereocenters. The predicted octanol–water partition coefficient (Wildman–Crippen LogP) is 0.636. The first-order chi connectivity index (χ1) is 9.40. The molecular formula is C13H14FN3O3. The molecule has 1 aromatic rings. The first-order valence-corrected chi connectivity index (χ1v) is 5.96. The maximum atomic E-state index is 12.8. The third-order valence-electron chi connectivity index (χ3n) is 3.00. The van der Waals surface area contributed by atoms with Gasteiger partial charge in [0.1, 0.15) is 5.82 Å². The molecule has 1 heterocycles. The number of imide groups is 2. The van der Waals surface area contributed by atoms with Gasteiger partial charge in [0.2, 0.25) is 0 Å². The summed E-state index contributed by atoms with van der Waals surface area (Å²) < 4.78 is 12.8. The summed E-state index contributed by atoms with van der Waals surface area (Å²) in [5.74, 6) is -1.98. The van der Waals surface area contributed by atoms with E-state index in [-0.39, 0.29) is 12.5 Å². The lowest BCUT2D eigenvalue weighted by molar-refractivity contribution is -0.143. The van der Waals surface area contributed by atoms with Crippen LogP contribution in [0, 0.1) is 5.82 Å². The Morgan fingerprint density at radius 1 is 1.10 bits per heavy atom. The predicted molar refractivity (Wildman–Crippen MR) is 67.7 cm³/mol. The monoisotopic (exact) mass is 279 g/mol. The van der Waals surface area contributed by atoms with Gasteiger partial charge in [-0.15, -0.1) is 0 Å². The van der Waals surface area contributed by atoms with Crippen molar-refractivity contribution < 1.29 is 18.8 Å². The average molecular weight is 279 g/mol. The second kappa shape index (κ2) is 5.38. The molecule has 0 aromatic heterocycles. The van der Waals surface area contributed by atoms with Gasteiger partial charge in [-0.2, -0.15) is 0 Å². The maximum absolute atomic E-state index is 12.8. The van der Waals surface area contributed by atoms with Gasteiger partial charge in [0.25, 0.3) is 0 Å². The largest absolute Gasteiger partial charge is 0.335 e. The molecule has 0 bridgehead atoms. The van der Waals surface area contributed by atoms with Crippen LogP contribution in [0.3, 0.4) is 0 Å². The first-order valence-electron chi connectivity index (χ1n) is 5.96. The number of rotatable bonds is 4. The summed E-state index contributed by atoms with van der Waals surface area (Å²) in [6.07, 6.45) is 0. The molecule has 1 aliphatic heterocycles. The van der Waals surface area contributed by atoms with Gasteiger partial charge in [-0.1, -0.05) is 12.1 Å². The van der Waals surface area contributed by atoms with Gasteiger partial charge >= 0.3 is 17.8 Å². The molecule has 1 aromatic carbocycles. The number of carbonyl (C=O) groups excluding carboxylic acids is 3. The molecule has 20 heavy (non-hydrogen) atoms. The van der Waals surface area contributed by atoms with E-state index >= 15 is 0 Å². The van der Waals surface area contributed by atoms with E-state index in [1.807, 2.05) is 0 Å². The van der Waals surface area contributed by atoms with Gasteiger partial charge in [-0.05, 0) is 24.7 Å². The summed E-state index contributed by atoms with van der Waals surface area (Å²) >= 11 is 0. The zero-order valence-electron chi connectivity index (χ0n) is 11.2. The number of hydrogen-bond acceptors (Lipinski definition) is 4. The highest BCUT2D eigenvalue weighted by Crippen LogP contribution is 2.12. The molecule has 106 valence electrons. The fourth-order valence-corrected chi connectivity index (χ4v) is 1.93. The summed E-state index contributed by atoms with van der Waals surface area (Å²) in [7, 11) is 2.97. The van der Waals surface area contributed by atoms with Crippen molar-refractivity contribution in [3.05, 3.63) is 35.6 Å². The van der Waals surface area contributed by atoms with Crippen molar-refractivity contribution in [2.75, 3.05) is 20.8 Å². The van der Waals surface area contributed by atoms with Crippen LogP contribution in [0.15, 0.2) is 24.3 Å². The summed E-state index contributed by atoms with van der Waals surface area (Å²) in [5, 5.41) is 0. The Hall–Kier alpha value is -2.28. The Morgan fingerprint density at radius 2 is 1.70 bits per heavy atom. The van der Waals surface area contributed by atoms with Crippen LogP contribution in [0.25, 0.3) is 0 Å². The Balaban J connectivity index is 2.00. The van der Waals surface area contributed by atoms with Crippen LogP contribution in [0.2, 0.25) is 0 Å². The maximum Gasteiger partial charge on any atom is 0.335 e. The molecule has 2 rings (SSSR count). The standard InChI is InChI=1S/C13H14FN3O3/c1-15(7-9-3-5-10(14)6-4-9)8-17-12(19)11(18)16(2)13(17)20/h3-6H,7-8H2,1-2H3. The van der Waals surface area contributed by atoms with Crippen LogP contribution < -0.4 is 0 Å². The highest BCUT2D eigenvalue weighted by atomic mass is 19.1. The second-order valence-corrected chi connectivity index (χ2v) is 4.66. The van der Waals surface area contributed by atoms with Crippen LogP contribution in [-0.4, -0.2) is 53.3 Å². The summed E-state index contributed by atoms with van der Waals surface area (Å²) in [4.78, 5) is 38.0. The topological polar surface area (TPSA) is 60.9 Å². The van der Waals surface area contributed by atoms with Crippen LogP contribution in [-0.2, 0) is 16.1 Å². The Kier molecular flexibility index (Phi) is 3.80. The number of nitrogens with zero attached hydrogens (tertiary/aromatic N) is 3. The van der Waals surface area contributed by atoms with Crippen molar-refractivity contribution in [3.8, 4) is 0 Å². The lowest BCUT2D eigenvalue weighted by atomic mass is 10.2. The average Bonchev–Trinajstić information content (AvgIpc) is 2.59. The molecule has 7 heteroatoms. The van der Waals surface area contributed by atoms with E-state index in [0.29, 0.717) is 6.54 Å². The van der Waals surface area contributed by atoms with E-state index in [1.54, 1.807) is 24.1 Å². The minimum absolute atomic E-state index is 0.00508. The molecule has 0 atom stereocenters. The molecule has 4 amide bonds. The summed E-state index contributed by atoms with van der Waals surface area (Å²) in [6, 6.07) is 5.29. The molecule has 1 aliphatic rings. The molecule has 0 aliphatic carbocycles. The molecule has 6 nitrogen and oxygen atoms in total. The number of halogens is 1. The van der Waals surface area contributed by atoms with Gasteiger partial charge in [0.15, 0.2) is 0 Å². The van der Waals surface area contributed by atoms with Gasteiger partial charge in [-0.3, -0.25) is 19.4 Å². The van der Waals surface area contributed by atoms with E-state index in [4.69, 9.17) is 0 Å². The minimum atomic E-state index is -0.830. The highest BCUT2D eigenvalue weighted by Gasteiger charge is 2.42. The molecule has 1 fully saturated rings. The smallest absolute Gasteiger partial charge is 0.284 e. The van der Waals surface area contributed by atoms with Crippen LogP contribution in [0.4, 0.5) is 9.18 Å². The van der Waals surface area contributed by atoms with Crippen molar-refractivity contribution in [3.63, 3.8) is 0 Å². The number of amides is 4. The summed E-state index contributed by atoms with van der Waals surface area (Å²) in [5.41, 5.74) is 0.840. The van der Waals surface area contributed by atoms with Gasteiger partial charge in [-0.25, -0.2) is 14.1 Å². The molecule has 1 saturated heterocycles. The Labute approximate surface area is 115 Å². The molecular weight excluding hydrogens is 265 g/mol. The Bertz CT molecular complexity index is 558. The zero-order valence-corrected chi connectivity index (χ0v) is 11.2. The van der Waals surface area contributed by atoms with Crippen molar-refractivity contribution in [1.82, 2.24) is 14.7 Å². The number of hydrogen-bond donors (Lipinski definition) is 0. The van der Waals surface area contributed by atoms with E-state index in [2.05, 4.69) is 0 Å². The Morgan fingerprint density at radius 3 is 2.20 bits per heavy atom. The van der Waals surface area contributed by atoms with Crippen molar-refractivity contribution in [2.24, 2.45) is 0 Å². The van der Waals surface area contributed by atoms with Crippen LogP contribution in [0.5, 0.6) is 0 Å². The number of urea groups is 1. The van der Waals surface area contributed by atoms with Crippen molar-refractivity contribution >= 4 is 17.8 Å². The van der Waals surface area contributed by atoms with Gasteiger partial charge < -0.3 is 0 Å². The van der Waals surface area contributed by atoms with Gasteiger partial charge in [0.05, 0.1) is 6.67 Å². The number of benzene rings is 1. The van der Waals surface area contributed by atoms with E-state index in [9.17, 15) is 18.8 Å². The zero-order chi connectivity index (χ0) is 14.9. The molecule has 0 saturated carbocycles. The number of likely N-dealkylation sites (N-methyl/N-ethyl adjacent to an activating group) is 1. The highest BCUT2D eigenvalue weighted by molar-refractivity contribution is 6.44. The van der Waals surface area contributed by atoms with E-state index in [0.717, 1.165) is 15.4 Å². The van der Waals surface area contributed by atoms with Crippen LogP contribution >= 0.6 is 0 Å². The van der Waals surface area contributed by atoms with Crippen molar-refractivity contribution in [2.45, 2.75) is 6.54 Å². The quantitative estimate of drug-likeness (QED) is 0.599. The van der Waals surface area contributed by atoms with E-state index < -0.39 is 17.8 Å². The van der Waals surface area contributed by atoms with Crippen molar-refractivity contribution in [1.29, 1.82) is 0 Å². The third-order valence-corrected chi connectivity index (χ3v) is 3.00. The lowest BCUT2D eigenvalue weighted by Gasteiger charge is -2.21. The summed E-state index contributed by atoms with van der Waals surface area (Å²) in [6.45, 7) is 0.431. The van der Waals surface area contributed by atoms with E-state index in [1.165, 1.54) is 19.2 Å². The fraction of sp³-hybridized carbons (Fsp3) is 0.308. The first kappa shape index (κ1) is 14.1. The van der Waals surface area contributed by atoms with Gasteiger partial charge in [0, 0.05) is 13.6 Å². The third kappa shape index (κ3) is 2.67. The lowest BCUT2D eigenvalue weighted by Crippen LogP contribution is -2.40. The SMILES string of the molecule is CN(Cc1ccc(F)cc1)CN1C(=O)C(=O)N(C)C1=O.